The predicted molar refractivity (Wildman–Crippen MR) is 94.5 cm³/mol. The van der Waals surface area contributed by atoms with Gasteiger partial charge in [0.25, 0.3) is 0 Å². The molecular formula is C20H24N2O3. The maximum atomic E-state index is 13.9. The SMILES string of the molecule is CCC1CC2CC(C(=O)OC)=C3Nc4ccccc4C34CC[N+]1([O-])C24. The number of fused-ring (bicyclic) bond motifs is 1. The van der Waals surface area contributed by atoms with Gasteiger partial charge in [-0.25, -0.2) is 4.79 Å². The third-order valence-electron chi connectivity index (χ3n) is 7.26. The van der Waals surface area contributed by atoms with Gasteiger partial charge in [0.05, 0.1) is 30.7 Å². The summed E-state index contributed by atoms with van der Waals surface area (Å²) >= 11 is 0. The molecule has 1 N–H and O–H groups in total. The fourth-order valence-electron chi connectivity index (χ4n) is 6.45. The van der Waals surface area contributed by atoms with Crippen LogP contribution in [-0.4, -0.2) is 36.4 Å². The Kier molecular flexibility index (Phi) is 3.00. The smallest absolute Gasteiger partial charge is 0.335 e. The molecule has 2 fully saturated rings. The van der Waals surface area contributed by atoms with Crippen molar-refractivity contribution in [3.05, 3.63) is 46.3 Å². The standard InChI is InChI=1S/C20H24N2O3/c1-3-13-10-12-11-14(19(23)25-2)17-20(8-9-22(13,24)18(12)20)15-6-4-5-7-16(15)21-17/h4-7,12-13,18,21H,3,8-11H2,1-2H3. The fourth-order valence-corrected chi connectivity index (χ4v) is 6.45. The van der Waals surface area contributed by atoms with Crippen LogP contribution in [0.3, 0.4) is 0 Å². The molecular weight excluding hydrogens is 316 g/mol. The van der Waals surface area contributed by atoms with E-state index in [1.54, 1.807) is 0 Å². The minimum atomic E-state index is -0.339. The highest BCUT2D eigenvalue weighted by molar-refractivity contribution is 5.92. The summed E-state index contributed by atoms with van der Waals surface area (Å²) in [7, 11) is 1.45. The average molecular weight is 340 g/mol. The Bertz CT molecular complexity index is 804. The number of quaternary nitrogens is 1. The topological polar surface area (TPSA) is 61.4 Å². The van der Waals surface area contributed by atoms with Crippen LogP contribution in [0.15, 0.2) is 35.5 Å². The van der Waals surface area contributed by atoms with Crippen LogP contribution in [0.4, 0.5) is 5.69 Å². The maximum Gasteiger partial charge on any atom is 0.335 e. The quantitative estimate of drug-likeness (QED) is 0.511. The molecule has 3 aliphatic heterocycles. The largest absolute Gasteiger partial charge is 0.632 e. The van der Waals surface area contributed by atoms with Gasteiger partial charge in [0.15, 0.2) is 0 Å². The second-order valence-corrected chi connectivity index (χ2v) is 8.02. The van der Waals surface area contributed by atoms with E-state index in [-0.39, 0.29) is 34.0 Å². The van der Waals surface area contributed by atoms with Crippen LogP contribution in [0.1, 0.15) is 38.2 Å². The van der Waals surface area contributed by atoms with Gasteiger partial charge in [-0.3, -0.25) is 0 Å². The number of hydrogen-bond donors (Lipinski definition) is 1. The van der Waals surface area contributed by atoms with Crippen LogP contribution in [0.25, 0.3) is 0 Å². The summed E-state index contributed by atoms with van der Waals surface area (Å²) in [5.74, 6) is 0.0136. The Hall–Kier alpha value is -1.85. The summed E-state index contributed by atoms with van der Waals surface area (Å²) in [4.78, 5) is 12.5. The van der Waals surface area contributed by atoms with Gasteiger partial charge in [0.1, 0.15) is 6.04 Å². The highest BCUT2D eigenvalue weighted by atomic mass is 16.6. The minimum Gasteiger partial charge on any atom is -0.632 e. The molecule has 1 spiro atoms. The fraction of sp³-hybridized carbons (Fsp3) is 0.550. The van der Waals surface area contributed by atoms with Crippen molar-refractivity contribution < 1.29 is 14.2 Å². The third-order valence-corrected chi connectivity index (χ3v) is 7.26. The zero-order valence-corrected chi connectivity index (χ0v) is 14.7. The van der Waals surface area contributed by atoms with E-state index in [0.717, 1.165) is 36.2 Å². The van der Waals surface area contributed by atoms with Gasteiger partial charge in [0, 0.05) is 30.1 Å². The molecule has 0 bridgehead atoms. The van der Waals surface area contributed by atoms with E-state index < -0.39 is 0 Å². The van der Waals surface area contributed by atoms with E-state index in [4.69, 9.17) is 4.74 Å². The van der Waals surface area contributed by atoms with Gasteiger partial charge < -0.3 is 19.9 Å². The number of carbonyl (C=O) groups is 1. The molecule has 5 heteroatoms. The predicted octanol–water partition coefficient (Wildman–Crippen LogP) is 3.07. The molecule has 1 aromatic carbocycles. The number of para-hydroxylation sites is 1. The van der Waals surface area contributed by atoms with Crippen molar-refractivity contribution in [2.75, 3.05) is 19.0 Å². The summed E-state index contributed by atoms with van der Waals surface area (Å²) in [6, 6.07) is 8.43. The summed E-state index contributed by atoms with van der Waals surface area (Å²) in [5.41, 5.74) is 3.62. The third kappa shape index (κ3) is 1.64. The number of hydroxylamine groups is 3. The molecule has 0 aromatic heterocycles. The first-order valence-electron chi connectivity index (χ1n) is 9.33. The lowest BCUT2D eigenvalue weighted by Crippen LogP contribution is -2.55. The molecule has 1 aromatic rings. The van der Waals surface area contributed by atoms with Crippen molar-refractivity contribution in [3.8, 4) is 0 Å². The Morgan fingerprint density at radius 3 is 3.00 bits per heavy atom. The zero-order chi connectivity index (χ0) is 17.4. The maximum absolute atomic E-state index is 13.9. The first-order valence-corrected chi connectivity index (χ1v) is 9.33. The molecule has 0 saturated carbocycles. The number of benzene rings is 1. The van der Waals surface area contributed by atoms with Gasteiger partial charge in [-0.1, -0.05) is 25.1 Å². The highest BCUT2D eigenvalue weighted by Gasteiger charge is 2.70. The Labute approximate surface area is 147 Å². The van der Waals surface area contributed by atoms with Crippen molar-refractivity contribution in [3.63, 3.8) is 0 Å². The number of esters is 1. The number of ether oxygens (including phenoxy) is 1. The first kappa shape index (κ1) is 15.4. The van der Waals surface area contributed by atoms with Gasteiger partial charge in [-0.15, -0.1) is 0 Å². The number of hydrogen-bond acceptors (Lipinski definition) is 4. The monoisotopic (exact) mass is 340 g/mol. The molecule has 5 nitrogen and oxygen atoms in total. The Morgan fingerprint density at radius 1 is 1.44 bits per heavy atom. The summed E-state index contributed by atoms with van der Waals surface area (Å²) in [5, 5.41) is 17.4. The summed E-state index contributed by atoms with van der Waals surface area (Å²) in [6.45, 7) is 2.77. The molecule has 2 saturated heterocycles. The number of nitrogens with one attached hydrogen (secondary N) is 1. The lowest BCUT2D eigenvalue weighted by molar-refractivity contribution is -0.907. The first-order chi connectivity index (χ1) is 12.1. The molecule has 25 heavy (non-hydrogen) atoms. The lowest BCUT2D eigenvalue weighted by Gasteiger charge is -2.49. The summed E-state index contributed by atoms with van der Waals surface area (Å²) in [6.07, 6.45) is 3.30. The van der Waals surface area contributed by atoms with Crippen molar-refractivity contribution >= 4 is 11.7 Å². The van der Waals surface area contributed by atoms with Crippen molar-refractivity contribution in [2.45, 2.75) is 50.1 Å². The molecule has 1 aliphatic carbocycles. The van der Waals surface area contributed by atoms with Crippen LogP contribution >= 0.6 is 0 Å². The van der Waals surface area contributed by atoms with Crippen LogP contribution in [0.5, 0.6) is 0 Å². The van der Waals surface area contributed by atoms with Crippen LogP contribution in [-0.2, 0) is 14.9 Å². The average Bonchev–Trinajstić information content (AvgIpc) is 3.23. The summed E-state index contributed by atoms with van der Waals surface area (Å²) < 4.78 is 5.03. The molecule has 5 rings (SSSR count). The second-order valence-electron chi connectivity index (χ2n) is 8.02. The second kappa shape index (κ2) is 4.86. The van der Waals surface area contributed by atoms with E-state index in [1.165, 1.54) is 12.7 Å². The van der Waals surface area contributed by atoms with Gasteiger partial charge in [0.2, 0.25) is 0 Å². The van der Waals surface area contributed by atoms with E-state index >= 15 is 0 Å². The normalized spacial score (nSPS) is 40.4. The number of anilines is 1. The van der Waals surface area contributed by atoms with Crippen LogP contribution in [0.2, 0.25) is 0 Å². The van der Waals surface area contributed by atoms with E-state index in [1.807, 2.05) is 12.1 Å². The van der Waals surface area contributed by atoms with Crippen molar-refractivity contribution in [1.82, 2.24) is 0 Å². The molecule has 132 valence electrons. The molecule has 0 radical (unpaired) electrons. The number of rotatable bonds is 2. The number of carbonyl (C=O) groups excluding carboxylic acids is 1. The Morgan fingerprint density at radius 2 is 2.24 bits per heavy atom. The zero-order valence-electron chi connectivity index (χ0n) is 14.7. The van der Waals surface area contributed by atoms with E-state index in [2.05, 4.69) is 24.4 Å². The van der Waals surface area contributed by atoms with Crippen molar-refractivity contribution in [1.29, 1.82) is 0 Å². The molecule has 0 amide bonds. The molecule has 3 heterocycles. The van der Waals surface area contributed by atoms with Gasteiger partial charge >= 0.3 is 5.97 Å². The Balaban J connectivity index is 1.78. The molecule has 5 atom stereocenters. The molecule has 5 unspecified atom stereocenters. The van der Waals surface area contributed by atoms with Crippen LogP contribution < -0.4 is 5.32 Å². The minimum absolute atomic E-state index is 0.0250. The molecule has 4 aliphatic rings. The van der Waals surface area contributed by atoms with Gasteiger partial charge in [-0.05, 0) is 24.5 Å². The van der Waals surface area contributed by atoms with Crippen molar-refractivity contribution in [2.24, 2.45) is 5.92 Å². The van der Waals surface area contributed by atoms with E-state index in [0.29, 0.717) is 13.0 Å². The highest BCUT2D eigenvalue weighted by Crippen LogP contribution is 2.64. The lowest BCUT2D eigenvalue weighted by atomic mass is 9.63. The van der Waals surface area contributed by atoms with Gasteiger partial charge in [-0.2, -0.15) is 0 Å². The van der Waals surface area contributed by atoms with Crippen LogP contribution in [0, 0.1) is 11.1 Å². The number of methoxy groups -OCH3 is 1. The number of nitrogens with zero attached hydrogens (tertiary/aromatic N) is 1. The van der Waals surface area contributed by atoms with E-state index in [9.17, 15) is 10.0 Å².